The van der Waals surface area contributed by atoms with Crippen molar-refractivity contribution in [3.8, 4) is 5.69 Å². The Hall–Kier alpha value is -2.24. The molecule has 1 aliphatic carbocycles. The van der Waals surface area contributed by atoms with Crippen molar-refractivity contribution in [3.05, 3.63) is 42.0 Å². The number of benzene rings is 1. The first-order valence-electron chi connectivity index (χ1n) is 7.56. The van der Waals surface area contributed by atoms with E-state index in [1.165, 1.54) is 6.33 Å². The van der Waals surface area contributed by atoms with Crippen molar-refractivity contribution >= 4 is 5.91 Å². The highest BCUT2D eigenvalue weighted by Gasteiger charge is 2.26. The number of carbonyl (C=O) groups excluding carboxylic acids is 1. The molecule has 6 heteroatoms. The van der Waals surface area contributed by atoms with E-state index in [1.807, 2.05) is 13.0 Å². The SMILES string of the molecule is Cc1cc(C(=O)NC2CCCCC2F)ccc1-n1cncn1. The summed E-state index contributed by atoms with van der Waals surface area (Å²) in [5.41, 5.74) is 2.33. The summed E-state index contributed by atoms with van der Waals surface area (Å²) in [6, 6.07) is 4.99. The van der Waals surface area contributed by atoms with Crippen LogP contribution in [0.4, 0.5) is 4.39 Å². The summed E-state index contributed by atoms with van der Waals surface area (Å²) >= 11 is 0. The molecule has 1 aliphatic rings. The lowest BCUT2D eigenvalue weighted by Gasteiger charge is -2.26. The minimum atomic E-state index is -0.937. The Balaban J connectivity index is 1.74. The molecule has 2 atom stereocenters. The number of halogens is 1. The number of hydrogen-bond acceptors (Lipinski definition) is 3. The van der Waals surface area contributed by atoms with Crippen LogP contribution in [0.5, 0.6) is 0 Å². The molecule has 22 heavy (non-hydrogen) atoms. The lowest BCUT2D eigenvalue weighted by Crippen LogP contribution is -2.43. The van der Waals surface area contributed by atoms with Crippen molar-refractivity contribution in [2.24, 2.45) is 0 Å². The molecule has 0 bridgehead atoms. The molecule has 5 nitrogen and oxygen atoms in total. The van der Waals surface area contributed by atoms with E-state index >= 15 is 0 Å². The van der Waals surface area contributed by atoms with Gasteiger partial charge in [-0.05, 0) is 43.5 Å². The summed E-state index contributed by atoms with van der Waals surface area (Å²) in [5, 5.41) is 6.90. The maximum absolute atomic E-state index is 13.8. The molecule has 1 aromatic carbocycles. The predicted octanol–water partition coefficient (Wildman–Crippen LogP) is 2.59. The van der Waals surface area contributed by atoms with Crippen molar-refractivity contribution in [2.45, 2.75) is 44.8 Å². The van der Waals surface area contributed by atoms with E-state index in [0.717, 1.165) is 24.1 Å². The highest BCUT2D eigenvalue weighted by atomic mass is 19.1. The lowest BCUT2D eigenvalue weighted by molar-refractivity contribution is 0.0884. The van der Waals surface area contributed by atoms with Crippen molar-refractivity contribution in [3.63, 3.8) is 0 Å². The fourth-order valence-corrected chi connectivity index (χ4v) is 2.89. The van der Waals surface area contributed by atoms with E-state index in [-0.39, 0.29) is 11.9 Å². The molecule has 0 saturated heterocycles. The monoisotopic (exact) mass is 302 g/mol. The van der Waals surface area contributed by atoms with Crippen LogP contribution in [-0.2, 0) is 0 Å². The normalized spacial score (nSPS) is 21.5. The molecule has 1 heterocycles. The zero-order valence-corrected chi connectivity index (χ0v) is 12.5. The number of nitrogens with zero attached hydrogens (tertiary/aromatic N) is 3. The summed E-state index contributed by atoms with van der Waals surface area (Å²) in [6.45, 7) is 1.91. The van der Waals surface area contributed by atoms with Gasteiger partial charge in [0, 0.05) is 5.56 Å². The van der Waals surface area contributed by atoms with E-state index < -0.39 is 6.17 Å². The average Bonchev–Trinajstić information content (AvgIpc) is 3.03. The van der Waals surface area contributed by atoms with Gasteiger partial charge in [-0.1, -0.05) is 12.8 Å². The number of carbonyl (C=O) groups is 1. The summed E-state index contributed by atoms with van der Waals surface area (Å²) < 4.78 is 15.5. The average molecular weight is 302 g/mol. The van der Waals surface area contributed by atoms with Crippen LogP contribution in [0.2, 0.25) is 0 Å². The molecule has 0 radical (unpaired) electrons. The molecule has 1 aromatic heterocycles. The van der Waals surface area contributed by atoms with E-state index in [4.69, 9.17) is 0 Å². The predicted molar refractivity (Wildman–Crippen MR) is 80.7 cm³/mol. The molecule has 116 valence electrons. The molecule has 2 unspecified atom stereocenters. The van der Waals surface area contributed by atoms with Crippen LogP contribution in [0, 0.1) is 6.92 Å². The van der Waals surface area contributed by atoms with Gasteiger partial charge >= 0.3 is 0 Å². The van der Waals surface area contributed by atoms with Crippen LogP contribution in [0.1, 0.15) is 41.6 Å². The van der Waals surface area contributed by atoms with Gasteiger partial charge in [0.15, 0.2) is 0 Å². The molecule has 2 aromatic rings. The van der Waals surface area contributed by atoms with Crippen molar-refractivity contribution in [1.82, 2.24) is 20.1 Å². The Labute approximate surface area is 128 Å². The number of alkyl halides is 1. The third-order valence-electron chi connectivity index (χ3n) is 4.12. The van der Waals surface area contributed by atoms with E-state index in [9.17, 15) is 9.18 Å². The van der Waals surface area contributed by atoms with Gasteiger partial charge in [-0.2, -0.15) is 5.10 Å². The first kappa shape index (κ1) is 14.7. The number of amides is 1. The second kappa shape index (κ2) is 6.25. The zero-order chi connectivity index (χ0) is 15.5. The molecular weight excluding hydrogens is 283 g/mol. The Morgan fingerprint density at radius 1 is 1.36 bits per heavy atom. The van der Waals surface area contributed by atoms with Crippen LogP contribution in [-0.4, -0.2) is 32.9 Å². The maximum Gasteiger partial charge on any atom is 0.251 e. The molecule has 1 fully saturated rings. The Morgan fingerprint density at radius 3 is 2.86 bits per heavy atom. The van der Waals surface area contributed by atoms with Crippen molar-refractivity contribution in [2.75, 3.05) is 0 Å². The molecule has 1 saturated carbocycles. The minimum absolute atomic E-state index is 0.220. The largest absolute Gasteiger partial charge is 0.346 e. The van der Waals surface area contributed by atoms with Gasteiger partial charge in [-0.15, -0.1) is 0 Å². The Morgan fingerprint density at radius 2 is 2.18 bits per heavy atom. The number of hydrogen-bond donors (Lipinski definition) is 1. The number of aromatic nitrogens is 3. The highest BCUT2D eigenvalue weighted by molar-refractivity contribution is 5.94. The van der Waals surface area contributed by atoms with Gasteiger partial charge in [-0.25, -0.2) is 14.1 Å². The molecular formula is C16H19FN4O. The summed E-state index contributed by atoms with van der Waals surface area (Å²) in [4.78, 5) is 16.2. The molecule has 0 aliphatic heterocycles. The van der Waals surface area contributed by atoms with Gasteiger partial charge in [0.1, 0.15) is 18.8 Å². The Bertz CT molecular complexity index is 656. The van der Waals surface area contributed by atoms with Crippen LogP contribution >= 0.6 is 0 Å². The quantitative estimate of drug-likeness (QED) is 0.948. The van der Waals surface area contributed by atoms with Crippen LogP contribution in [0.25, 0.3) is 5.69 Å². The number of nitrogens with one attached hydrogen (secondary N) is 1. The van der Waals surface area contributed by atoms with Crippen molar-refractivity contribution < 1.29 is 9.18 Å². The summed E-state index contributed by atoms with van der Waals surface area (Å²) in [6.07, 6.45) is 5.25. The van der Waals surface area contributed by atoms with Gasteiger partial charge in [-0.3, -0.25) is 4.79 Å². The highest BCUT2D eigenvalue weighted by Crippen LogP contribution is 2.22. The van der Waals surface area contributed by atoms with E-state index in [0.29, 0.717) is 18.4 Å². The first-order valence-corrected chi connectivity index (χ1v) is 7.56. The van der Waals surface area contributed by atoms with Crippen molar-refractivity contribution in [1.29, 1.82) is 0 Å². The second-order valence-corrected chi connectivity index (χ2v) is 5.72. The van der Waals surface area contributed by atoms with E-state index in [2.05, 4.69) is 15.4 Å². The number of rotatable bonds is 3. The third-order valence-corrected chi connectivity index (χ3v) is 4.12. The molecule has 1 amide bonds. The lowest BCUT2D eigenvalue weighted by atomic mass is 9.93. The summed E-state index contributed by atoms with van der Waals surface area (Å²) in [5.74, 6) is -0.220. The molecule has 0 spiro atoms. The van der Waals surface area contributed by atoms with Crippen LogP contribution < -0.4 is 5.32 Å². The van der Waals surface area contributed by atoms with Gasteiger partial charge in [0.05, 0.1) is 11.7 Å². The van der Waals surface area contributed by atoms with Crippen LogP contribution in [0.3, 0.4) is 0 Å². The fraction of sp³-hybridized carbons (Fsp3) is 0.438. The van der Waals surface area contributed by atoms with Gasteiger partial charge < -0.3 is 5.32 Å². The third kappa shape index (κ3) is 3.00. The topological polar surface area (TPSA) is 59.8 Å². The fourth-order valence-electron chi connectivity index (χ4n) is 2.89. The molecule has 3 rings (SSSR count). The Kier molecular flexibility index (Phi) is 4.18. The zero-order valence-electron chi connectivity index (χ0n) is 12.5. The van der Waals surface area contributed by atoms with Crippen LogP contribution in [0.15, 0.2) is 30.9 Å². The van der Waals surface area contributed by atoms with E-state index in [1.54, 1.807) is 23.1 Å². The first-order chi connectivity index (χ1) is 10.6. The number of aryl methyl sites for hydroxylation is 1. The minimum Gasteiger partial charge on any atom is -0.346 e. The smallest absolute Gasteiger partial charge is 0.251 e. The molecule has 1 N–H and O–H groups in total. The van der Waals surface area contributed by atoms with Gasteiger partial charge in [0.25, 0.3) is 5.91 Å². The maximum atomic E-state index is 13.8. The van der Waals surface area contributed by atoms with Gasteiger partial charge in [0.2, 0.25) is 0 Å². The second-order valence-electron chi connectivity index (χ2n) is 5.72. The standard InChI is InChI=1S/C16H19FN4O/c1-11-8-12(6-7-15(11)21-10-18-9-19-21)16(22)20-14-5-3-2-4-13(14)17/h6-10,13-14H,2-5H2,1H3,(H,20,22). The summed E-state index contributed by atoms with van der Waals surface area (Å²) in [7, 11) is 0.